The van der Waals surface area contributed by atoms with Gasteiger partial charge in [0, 0.05) is 6.54 Å². The standard InChI is InChI=1S/C17H19N3/c1-13-6-5-7-14(10-13)16(18-2)11-20-12-19-15-8-3-4-9-17(15)20/h3-10,12,16,18H,11H2,1-2H3. The van der Waals surface area contributed by atoms with E-state index >= 15 is 0 Å². The number of aromatic nitrogens is 2. The van der Waals surface area contributed by atoms with Gasteiger partial charge in [-0.05, 0) is 31.7 Å². The zero-order valence-electron chi connectivity index (χ0n) is 11.9. The third kappa shape index (κ3) is 2.45. The van der Waals surface area contributed by atoms with Crippen molar-refractivity contribution in [3.05, 3.63) is 66.0 Å². The van der Waals surface area contributed by atoms with Crippen molar-refractivity contribution in [3.8, 4) is 0 Å². The predicted molar refractivity (Wildman–Crippen MR) is 82.7 cm³/mol. The van der Waals surface area contributed by atoms with Crippen LogP contribution in [-0.4, -0.2) is 16.6 Å². The van der Waals surface area contributed by atoms with Gasteiger partial charge in [-0.25, -0.2) is 4.98 Å². The molecule has 3 aromatic rings. The second-order valence-corrected chi connectivity index (χ2v) is 5.14. The van der Waals surface area contributed by atoms with Crippen LogP contribution >= 0.6 is 0 Å². The van der Waals surface area contributed by atoms with Crippen molar-refractivity contribution in [2.75, 3.05) is 7.05 Å². The Morgan fingerprint density at radius 2 is 2.00 bits per heavy atom. The van der Waals surface area contributed by atoms with Crippen molar-refractivity contribution in [2.24, 2.45) is 0 Å². The van der Waals surface area contributed by atoms with Crippen LogP contribution in [0.25, 0.3) is 11.0 Å². The SMILES string of the molecule is CNC(Cn1cnc2ccccc21)c1cccc(C)c1. The summed E-state index contributed by atoms with van der Waals surface area (Å²) in [6.07, 6.45) is 1.92. The van der Waals surface area contributed by atoms with E-state index in [0.717, 1.165) is 12.1 Å². The van der Waals surface area contributed by atoms with Gasteiger partial charge in [-0.15, -0.1) is 0 Å². The number of hydrogen-bond acceptors (Lipinski definition) is 2. The fraction of sp³-hybridized carbons (Fsp3) is 0.235. The third-order valence-electron chi connectivity index (χ3n) is 3.70. The monoisotopic (exact) mass is 265 g/mol. The summed E-state index contributed by atoms with van der Waals surface area (Å²) in [5, 5.41) is 3.40. The van der Waals surface area contributed by atoms with Crippen molar-refractivity contribution in [1.82, 2.24) is 14.9 Å². The topological polar surface area (TPSA) is 29.9 Å². The van der Waals surface area contributed by atoms with Crippen molar-refractivity contribution in [2.45, 2.75) is 19.5 Å². The Morgan fingerprint density at radius 3 is 2.80 bits per heavy atom. The lowest BCUT2D eigenvalue weighted by molar-refractivity contribution is 0.508. The number of nitrogens with one attached hydrogen (secondary N) is 1. The molecule has 0 aliphatic heterocycles. The first-order chi connectivity index (χ1) is 9.78. The molecule has 3 nitrogen and oxygen atoms in total. The molecule has 0 radical (unpaired) electrons. The Kier molecular flexibility index (Phi) is 3.52. The van der Waals surface area contributed by atoms with Crippen LogP contribution < -0.4 is 5.32 Å². The summed E-state index contributed by atoms with van der Waals surface area (Å²) in [6.45, 7) is 3.00. The van der Waals surface area contributed by atoms with Crippen LogP contribution in [0.1, 0.15) is 17.2 Å². The Labute approximate surface area is 119 Å². The molecule has 0 spiro atoms. The van der Waals surface area contributed by atoms with Gasteiger partial charge in [-0.1, -0.05) is 42.0 Å². The minimum absolute atomic E-state index is 0.285. The highest BCUT2D eigenvalue weighted by molar-refractivity contribution is 5.74. The summed E-state index contributed by atoms with van der Waals surface area (Å²) in [4.78, 5) is 4.45. The van der Waals surface area contributed by atoms with Crippen LogP contribution in [0.4, 0.5) is 0 Å². The quantitative estimate of drug-likeness (QED) is 0.784. The van der Waals surface area contributed by atoms with Gasteiger partial charge in [-0.3, -0.25) is 0 Å². The molecule has 0 saturated heterocycles. The first-order valence-corrected chi connectivity index (χ1v) is 6.91. The number of benzene rings is 2. The van der Waals surface area contributed by atoms with Crippen LogP contribution in [0.3, 0.4) is 0 Å². The maximum absolute atomic E-state index is 4.45. The maximum atomic E-state index is 4.45. The second kappa shape index (κ2) is 5.47. The molecule has 0 bridgehead atoms. The Morgan fingerprint density at radius 1 is 1.15 bits per heavy atom. The molecule has 0 amide bonds. The summed E-state index contributed by atoms with van der Waals surface area (Å²) < 4.78 is 2.21. The van der Waals surface area contributed by atoms with Gasteiger partial charge < -0.3 is 9.88 Å². The van der Waals surface area contributed by atoms with Crippen molar-refractivity contribution < 1.29 is 0 Å². The summed E-state index contributed by atoms with van der Waals surface area (Å²) in [7, 11) is 2.01. The van der Waals surface area contributed by atoms with E-state index in [1.807, 2.05) is 25.5 Å². The average Bonchev–Trinajstić information content (AvgIpc) is 2.88. The molecule has 1 atom stereocenters. The molecular formula is C17H19N3. The fourth-order valence-electron chi connectivity index (χ4n) is 2.60. The van der Waals surface area contributed by atoms with E-state index in [-0.39, 0.29) is 6.04 Å². The van der Waals surface area contributed by atoms with E-state index in [1.165, 1.54) is 16.6 Å². The van der Waals surface area contributed by atoms with Gasteiger partial charge in [0.1, 0.15) is 0 Å². The summed E-state index contributed by atoms with van der Waals surface area (Å²) in [6, 6.07) is 17.2. The number of likely N-dealkylation sites (N-methyl/N-ethyl adjacent to an activating group) is 1. The number of hydrogen-bond donors (Lipinski definition) is 1. The number of aryl methyl sites for hydroxylation is 1. The predicted octanol–water partition coefficient (Wildman–Crippen LogP) is 3.31. The lowest BCUT2D eigenvalue weighted by atomic mass is 10.0. The Bertz CT molecular complexity index is 715. The molecule has 1 N–H and O–H groups in total. The summed E-state index contributed by atoms with van der Waals surface area (Å²) in [5.41, 5.74) is 4.83. The number of rotatable bonds is 4. The largest absolute Gasteiger partial charge is 0.329 e. The van der Waals surface area contributed by atoms with Gasteiger partial charge >= 0.3 is 0 Å². The van der Waals surface area contributed by atoms with Crippen LogP contribution in [0.2, 0.25) is 0 Å². The van der Waals surface area contributed by atoms with E-state index in [4.69, 9.17) is 0 Å². The van der Waals surface area contributed by atoms with Gasteiger partial charge in [0.05, 0.1) is 23.4 Å². The third-order valence-corrected chi connectivity index (χ3v) is 3.70. The smallest absolute Gasteiger partial charge is 0.0958 e. The normalized spacial score (nSPS) is 12.7. The van der Waals surface area contributed by atoms with Crippen LogP contribution in [0.5, 0.6) is 0 Å². The number of nitrogens with zero attached hydrogens (tertiary/aromatic N) is 2. The zero-order chi connectivity index (χ0) is 13.9. The fourth-order valence-corrected chi connectivity index (χ4v) is 2.60. The van der Waals surface area contributed by atoms with Crippen molar-refractivity contribution >= 4 is 11.0 Å². The highest BCUT2D eigenvalue weighted by Crippen LogP contribution is 2.19. The van der Waals surface area contributed by atoms with E-state index in [0.29, 0.717) is 0 Å². The summed E-state index contributed by atoms with van der Waals surface area (Å²) >= 11 is 0. The molecule has 2 aromatic carbocycles. The van der Waals surface area contributed by atoms with Crippen molar-refractivity contribution in [3.63, 3.8) is 0 Å². The molecule has 1 heterocycles. The number of fused-ring (bicyclic) bond motifs is 1. The van der Waals surface area contributed by atoms with Crippen LogP contribution in [0, 0.1) is 6.92 Å². The second-order valence-electron chi connectivity index (χ2n) is 5.14. The molecule has 0 saturated carbocycles. The first kappa shape index (κ1) is 12.9. The average molecular weight is 265 g/mol. The van der Waals surface area contributed by atoms with Gasteiger partial charge in [0.2, 0.25) is 0 Å². The van der Waals surface area contributed by atoms with E-state index in [1.54, 1.807) is 0 Å². The molecular weight excluding hydrogens is 246 g/mol. The van der Waals surface area contributed by atoms with E-state index < -0.39 is 0 Å². The molecule has 102 valence electrons. The molecule has 20 heavy (non-hydrogen) atoms. The molecule has 0 aliphatic rings. The minimum Gasteiger partial charge on any atom is -0.329 e. The van der Waals surface area contributed by atoms with Gasteiger partial charge in [0.25, 0.3) is 0 Å². The number of imidazole rings is 1. The molecule has 3 rings (SSSR count). The first-order valence-electron chi connectivity index (χ1n) is 6.91. The van der Waals surface area contributed by atoms with Crippen LogP contribution in [-0.2, 0) is 6.54 Å². The maximum Gasteiger partial charge on any atom is 0.0958 e. The Balaban J connectivity index is 1.92. The van der Waals surface area contributed by atoms with Gasteiger partial charge in [-0.2, -0.15) is 0 Å². The number of para-hydroxylation sites is 2. The van der Waals surface area contributed by atoms with Crippen LogP contribution in [0.15, 0.2) is 54.9 Å². The molecule has 1 aromatic heterocycles. The van der Waals surface area contributed by atoms with E-state index in [2.05, 4.69) is 58.2 Å². The molecule has 0 aliphatic carbocycles. The lowest BCUT2D eigenvalue weighted by Gasteiger charge is -2.18. The van der Waals surface area contributed by atoms with E-state index in [9.17, 15) is 0 Å². The zero-order valence-corrected chi connectivity index (χ0v) is 11.9. The highest BCUT2D eigenvalue weighted by atomic mass is 15.1. The van der Waals surface area contributed by atoms with Crippen molar-refractivity contribution in [1.29, 1.82) is 0 Å². The molecule has 0 fully saturated rings. The molecule has 1 unspecified atom stereocenters. The molecule has 3 heteroatoms. The lowest BCUT2D eigenvalue weighted by Crippen LogP contribution is -2.21. The Hall–Kier alpha value is -2.13. The summed E-state index contributed by atoms with van der Waals surface area (Å²) in [5.74, 6) is 0. The van der Waals surface area contributed by atoms with Gasteiger partial charge in [0.15, 0.2) is 0 Å². The highest BCUT2D eigenvalue weighted by Gasteiger charge is 2.11. The minimum atomic E-state index is 0.285.